The molecule has 0 atom stereocenters. The molecule has 4 nitrogen and oxygen atoms in total. The number of aryl methyl sites for hydroxylation is 2. The van der Waals surface area contributed by atoms with Crippen molar-refractivity contribution in [3.63, 3.8) is 0 Å². The molecule has 106 valence electrons. The molecule has 0 unspecified atom stereocenters. The summed E-state index contributed by atoms with van der Waals surface area (Å²) < 4.78 is 0. The number of nitrogens with zero attached hydrogens (tertiary/aromatic N) is 2. The number of rotatable bonds is 5. The van der Waals surface area contributed by atoms with Gasteiger partial charge in [-0.25, -0.2) is 4.98 Å². The molecule has 0 amide bonds. The summed E-state index contributed by atoms with van der Waals surface area (Å²) in [7, 11) is 0. The number of nitrogens with one attached hydrogen (secondary N) is 2. The molecule has 2 rings (SSSR count). The van der Waals surface area contributed by atoms with Crippen molar-refractivity contribution >= 4 is 11.8 Å². The fourth-order valence-corrected chi connectivity index (χ4v) is 2.02. The summed E-state index contributed by atoms with van der Waals surface area (Å²) in [5, 5.41) is 6.58. The number of hydrogen-bond acceptors (Lipinski definition) is 4. The quantitative estimate of drug-likeness (QED) is 0.872. The lowest BCUT2D eigenvalue weighted by Crippen LogP contribution is -2.13. The predicted molar refractivity (Wildman–Crippen MR) is 84.0 cm³/mol. The zero-order valence-corrected chi connectivity index (χ0v) is 12.6. The van der Waals surface area contributed by atoms with Gasteiger partial charge in [0.25, 0.3) is 0 Å². The lowest BCUT2D eigenvalue weighted by Gasteiger charge is -2.12. The first-order chi connectivity index (χ1) is 9.52. The van der Waals surface area contributed by atoms with E-state index in [9.17, 15) is 0 Å². The Morgan fingerprint density at radius 2 is 1.90 bits per heavy atom. The van der Waals surface area contributed by atoms with E-state index in [1.807, 2.05) is 13.0 Å². The molecule has 2 aromatic rings. The standard InChI is InChI=1S/C16H22N4/c1-11(2)18-15-9-13(4)19-16(20-15)17-10-14-7-5-6-12(3)8-14/h5-9,11H,10H2,1-4H3,(H2,17,18,19,20). The Kier molecular flexibility index (Phi) is 4.56. The predicted octanol–water partition coefficient (Wildman–Crippen LogP) is 3.53. The van der Waals surface area contributed by atoms with E-state index >= 15 is 0 Å². The first kappa shape index (κ1) is 14.3. The Labute approximate surface area is 120 Å². The van der Waals surface area contributed by atoms with Gasteiger partial charge in [0.05, 0.1) is 0 Å². The Morgan fingerprint density at radius 1 is 1.10 bits per heavy atom. The Balaban J connectivity index is 2.07. The van der Waals surface area contributed by atoms with Crippen molar-refractivity contribution in [2.45, 2.75) is 40.3 Å². The van der Waals surface area contributed by atoms with E-state index in [0.29, 0.717) is 12.0 Å². The van der Waals surface area contributed by atoms with Crippen LogP contribution in [0.3, 0.4) is 0 Å². The summed E-state index contributed by atoms with van der Waals surface area (Å²) in [6.45, 7) is 8.99. The van der Waals surface area contributed by atoms with Gasteiger partial charge in [-0.1, -0.05) is 29.8 Å². The van der Waals surface area contributed by atoms with Crippen molar-refractivity contribution in [1.29, 1.82) is 0 Å². The van der Waals surface area contributed by atoms with Gasteiger partial charge in [-0.3, -0.25) is 0 Å². The lowest BCUT2D eigenvalue weighted by atomic mass is 10.1. The van der Waals surface area contributed by atoms with Crippen LogP contribution in [0, 0.1) is 13.8 Å². The third-order valence-corrected chi connectivity index (χ3v) is 2.82. The van der Waals surface area contributed by atoms with Crippen molar-refractivity contribution < 1.29 is 0 Å². The van der Waals surface area contributed by atoms with Gasteiger partial charge in [0.2, 0.25) is 5.95 Å². The van der Waals surface area contributed by atoms with Crippen LogP contribution in [0.2, 0.25) is 0 Å². The van der Waals surface area contributed by atoms with Crippen LogP contribution < -0.4 is 10.6 Å². The monoisotopic (exact) mass is 270 g/mol. The molecule has 0 radical (unpaired) electrons. The normalized spacial score (nSPS) is 10.7. The highest BCUT2D eigenvalue weighted by molar-refractivity contribution is 5.43. The van der Waals surface area contributed by atoms with Gasteiger partial charge in [0, 0.05) is 24.3 Å². The van der Waals surface area contributed by atoms with Gasteiger partial charge >= 0.3 is 0 Å². The highest BCUT2D eigenvalue weighted by Crippen LogP contribution is 2.12. The second-order valence-corrected chi connectivity index (χ2v) is 5.36. The molecule has 0 aliphatic heterocycles. The zero-order valence-electron chi connectivity index (χ0n) is 12.6. The molecule has 0 aliphatic rings. The molecule has 1 aromatic heterocycles. The molecule has 0 saturated heterocycles. The zero-order chi connectivity index (χ0) is 14.5. The van der Waals surface area contributed by atoms with Crippen LogP contribution in [0.5, 0.6) is 0 Å². The van der Waals surface area contributed by atoms with Crippen molar-refractivity contribution in [1.82, 2.24) is 9.97 Å². The van der Waals surface area contributed by atoms with E-state index in [1.165, 1.54) is 11.1 Å². The topological polar surface area (TPSA) is 49.8 Å². The summed E-state index contributed by atoms with van der Waals surface area (Å²) in [5.74, 6) is 1.52. The summed E-state index contributed by atoms with van der Waals surface area (Å²) >= 11 is 0. The lowest BCUT2D eigenvalue weighted by molar-refractivity contribution is 0.883. The third-order valence-electron chi connectivity index (χ3n) is 2.82. The summed E-state index contributed by atoms with van der Waals surface area (Å²) in [6.07, 6.45) is 0. The van der Waals surface area contributed by atoms with E-state index in [-0.39, 0.29) is 0 Å². The molecule has 4 heteroatoms. The maximum absolute atomic E-state index is 4.48. The average molecular weight is 270 g/mol. The van der Waals surface area contributed by atoms with E-state index in [4.69, 9.17) is 0 Å². The van der Waals surface area contributed by atoms with Crippen LogP contribution in [0.1, 0.15) is 30.7 Å². The average Bonchev–Trinajstić information content (AvgIpc) is 2.35. The van der Waals surface area contributed by atoms with Crippen LogP contribution in [0.25, 0.3) is 0 Å². The highest BCUT2D eigenvalue weighted by atomic mass is 15.1. The van der Waals surface area contributed by atoms with Crippen molar-refractivity contribution in [2.75, 3.05) is 10.6 Å². The van der Waals surface area contributed by atoms with Gasteiger partial charge in [-0.15, -0.1) is 0 Å². The van der Waals surface area contributed by atoms with Gasteiger partial charge in [-0.05, 0) is 33.3 Å². The minimum atomic E-state index is 0.355. The molecule has 1 heterocycles. The molecule has 2 N–H and O–H groups in total. The Bertz CT molecular complexity index is 578. The SMILES string of the molecule is Cc1cccc(CNc2nc(C)cc(NC(C)C)n2)c1. The molecule has 0 bridgehead atoms. The maximum Gasteiger partial charge on any atom is 0.225 e. The van der Waals surface area contributed by atoms with Crippen LogP contribution in [0.4, 0.5) is 11.8 Å². The largest absolute Gasteiger partial charge is 0.368 e. The molecular formula is C16H22N4. The van der Waals surface area contributed by atoms with Crippen LogP contribution in [0.15, 0.2) is 30.3 Å². The second-order valence-electron chi connectivity index (χ2n) is 5.36. The van der Waals surface area contributed by atoms with E-state index in [0.717, 1.165) is 18.1 Å². The van der Waals surface area contributed by atoms with Crippen molar-refractivity contribution in [3.05, 3.63) is 47.2 Å². The molecule has 20 heavy (non-hydrogen) atoms. The minimum absolute atomic E-state index is 0.355. The summed E-state index contributed by atoms with van der Waals surface area (Å²) in [6, 6.07) is 10.7. The molecule has 0 spiro atoms. The van der Waals surface area contributed by atoms with E-state index < -0.39 is 0 Å². The molecule has 0 saturated carbocycles. The summed E-state index contributed by atoms with van der Waals surface area (Å²) in [5.41, 5.74) is 3.44. The molecule has 1 aromatic carbocycles. The molecule has 0 aliphatic carbocycles. The fourth-order valence-electron chi connectivity index (χ4n) is 2.02. The second kappa shape index (κ2) is 6.37. The summed E-state index contributed by atoms with van der Waals surface area (Å²) in [4.78, 5) is 8.89. The van der Waals surface area contributed by atoms with Crippen LogP contribution in [-0.4, -0.2) is 16.0 Å². The Morgan fingerprint density at radius 3 is 2.60 bits per heavy atom. The Hall–Kier alpha value is -2.10. The van der Waals surface area contributed by atoms with Gasteiger partial charge < -0.3 is 10.6 Å². The minimum Gasteiger partial charge on any atom is -0.368 e. The van der Waals surface area contributed by atoms with Crippen LogP contribution in [-0.2, 0) is 6.54 Å². The van der Waals surface area contributed by atoms with E-state index in [2.05, 4.69) is 65.6 Å². The number of anilines is 2. The first-order valence-electron chi connectivity index (χ1n) is 6.94. The number of aromatic nitrogens is 2. The number of hydrogen-bond donors (Lipinski definition) is 2. The van der Waals surface area contributed by atoms with Crippen molar-refractivity contribution in [2.24, 2.45) is 0 Å². The molecular weight excluding hydrogens is 248 g/mol. The maximum atomic E-state index is 4.48. The smallest absolute Gasteiger partial charge is 0.225 e. The van der Waals surface area contributed by atoms with Crippen molar-refractivity contribution in [3.8, 4) is 0 Å². The van der Waals surface area contributed by atoms with Crippen LogP contribution >= 0.6 is 0 Å². The van der Waals surface area contributed by atoms with E-state index in [1.54, 1.807) is 0 Å². The number of benzene rings is 1. The highest BCUT2D eigenvalue weighted by Gasteiger charge is 2.03. The third kappa shape index (κ3) is 4.23. The molecule has 0 fully saturated rings. The van der Waals surface area contributed by atoms with Gasteiger partial charge in [0.1, 0.15) is 5.82 Å². The van der Waals surface area contributed by atoms with Gasteiger partial charge in [0.15, 0.2) is 0 Å². The first-order valence-corrected chi connectivity index (χ1v) is 6.94. The fraction of sp³-hybridized carbons (Fsp3) is 0.375. The van der Waals surface area contributed by atoms with Gasteiger partial charge in [-0.2, -0.15) is 4.98 Å².